The number of amides is 1. The van der Waals surface area contributed by atoms with E-state index < -0.39 is 5.91 Å². The Balaban J connectivity index is 1.58. The zero-order valence-electron chi connectivity index (χ0n) is 18.5. The van der Waals surface area contributed by atoms with Crippen LogP contribution in [0.4, 0.5) is 10.8 Å². The molecule has 5 aromatic rings. The lowest BCUT2D eigenvalue weighted by molar-refractivity contribution is 0.102. The molecule has 2 aromatic heterocycles. The predicted octanol–water partition coefficient (Wildman–Crippen LogP) is 5.94. The lowest BCUT2D eigenvalue weighted by Crippen LogP contribution is -2.21. The topological polar surface area (TPSA) is 97.0 Å². The van der Waals surface area contributed by atoms with Crippen LogP contribution in [-0.2, 0) is 0 Å². The van der Waals surface area contributed by atoms with Crippen molar-refractivity contribution in [1.29, 1.82) is 0 Å². The molecule has 0 aliphatic carbocycles. The minimum Gasteiger partial charge on any atom is -0.508 e. The second-order valence-electron chi connectivity index (χ2n) is 7.62. The number of aromatic hydroxyl groups is 1. The maximum atomic E-state index is 13.3. The molecule has 7 nitrogen and oxygen atoms in total. The van der Waals surface area contributed by atoms with Gasteiger partial charge in [0.05, 0.1) is 22.5 Å². The molecule has 1 amide bonds. The lowest BCUT2D eigenvalue weighted by Gasteiger charge is -2.06. The number of nitrogens with zero attached hydrogens (tertiary/aromatic N) is 2. The molecule has 0 saturated carbocycles. The van der Waals surface area contributed by atoms with Gasteiger partial charge in [0.1, 0.15) is 22.6 Å². The van der Waals surface area contributed by atoms with E-state index in [1.807, 2.05) is 56.3 Å². The van der Waals surface area contributed by atoms with Crippen molar-refractivity contribution in [2.75, 3.05) is 11.9 Å². The summed E-state index contributed by atoms with van der Waals surface area (Å²) in [5, 5.41) is 13.9. The van der Waals surface area contributed by atoms with E-state index in [0.29, 0.717) is 28.4 Å². The van der Waals surface area contributed by atoms with Crippen LogP contribution in [0.1, 0.15) is 22.8 Å². The number of ether oxygens (including phenoxy) is 1. The standard InChI is InChI=1S/C26H21N3O4S/c1-3-32-18-10-11-21-23(14-18)34-26(28-21)29-24(31)19-12-16-8-9-17(30)13-22(16)33-25(19)27-20-7-5-4-6-15(20)2/h4-14,30H,3H2,1-2H3,(H,28,29,31). The zero-order valence-corrected chi connectivity index (χ0v) is 19.3. The first-order chi connectivity index (χ1) is 16.5. The zero-order chi connectivity index (χ0) is 23.7. The molecule has 0 fully saturated rings. The number of benzene rings is 3. The summed E-state index contributed by atoms with van der Waals surface area (Å²) in [7, 11) is 0. The fourth-order valence-electron chi connectivity index (χ4n) is 3.53. The van der Waals surface area contributed by atoms with Crippen LogP contribution < -0.4 is 15.6 Å². The van der Waals surface area contributed by atoms with Crippen molar-refractivity contribution in [2.24, 2.45) is 4.99 Å². The largest absolute Gasteiger partial charge is 0.508 e. The summed E-state index contributed by atoms with van der Waals surface area (Å²) < 4.78 is 12.4. The van der Waals surface area contributed by atoms with Crippen molar-refractivity contribution >= 4 is 49.2 Å². The lowest BCUT2D eigenvalue weighted by atomic mass is 10.1. The Morgan fingerprint density at radius 2 is 2.00 bits per heavy atom. The number of thiazole rings is 1. The second-order valence-corrected chi connectivity index (χ2v) is 8.65. The molecule has 0 atom stereocenters. The molecule has 0 saturated heterocycles. The number of nitrogens with one attached hydrogen (secondary N) is 1. The van der Waals surface area contributed by atoms with Gasteiger partial charge in [0.2, 0.25) is 5.55 Å². The maximum Gasteiger partial charge on any atom is 0.262 e. The van der Waals surface area contributed by atoms with E-state index in [1.54, 1.807) is 18.2 Å². The number of rotatable bonds is 5. The molecule has 2 N–H and O–H groups in total. The molecule has 0 bridgehead atoms. The molecule has 170 valence electrons. The van der Waals surface area contributed by atoms with Crippen LogP contribution in [0.2, 0.25) is 0 Å². The predicted molar refractivity (Wildman–Crippen MR) is 133 cm³/mol. The van der Waals surface area contributed by atoms with E-state index in [9.17, 15) is 9.90 Å². The highest BCUT2D eigenvalue weighted by Gasteiger charge is 2.16. The number of fused-ring (bicyclic) bond motifs is 2. The van der Waals surface area contributed by atoms with Gasteiger partial charge in [-0.25, -0.2) is 9.98 Å². The Bertz CT molecular complexity index is 1600. The molecule has 34 heavy (non-hydrogen) atoms. The van der Waals surface area contributed by atoms with Gasteiger partial charge in [0, 0.05) is 11.5 Å². The molecule has 0 radical (unpaired) electrons. The number of hydrogen-bond acceptors (Lipinski definition) is 7. The van der Waals surface area contributed by atoms with Crippen molar-refractivity contribution in [3.05, 3.63) is 83.4 Å². The number of anilines is 1. The third-order valence-corrected chi connectivity index (χ3v) is 6.14. The highest BCUT2D eigenvalue weighted by Crippen LogP contribution is 2.30. The Morgan fingerprint density at radius 1 is 1.15 bits per heavy atom. The van der Waals surface area contributed by atoms with Crippen LogP contribution in [-0.4, -0.2) is 22.6 Å². The fraction of sp³-hybridized carbons (Fsp3) is 0.115. The quantitative estimate of drug-likeness (QED) is 0.331. The average Bonchev–Trinajstić information content (AvgIpc) is 3.21. The number of carbonyl (C=O) groups excluding carboxylic acids is 1. The number of aromatic nitrogens is 1. The molecular weight excluding hydrogens is 450 g/mol. The van der Waals surface area contributed by atoms with Gasteiger partial charge in [-0.15, -0.1) is 0 Å². The van der Waals surface area contributed by atoms with Gasteiger partial charge in [0.15, 0.2) is 5.13 Å². The number of phenolic OH excluding ortho intramolecular Hbond substituents is 1. The third kappa shape index (κ3) is 4.35. The van der Waals surface area contributed by atoms with Gasteiger partial charge in [0.25, 0.3) is 5.91 Å². The number of carbonyl (C=O) groups is 1. The van der Waals surface area contributed by atoms with E-state index >= 15 is 0 Å². The summed E-state index contributed by atoms with van der Waals surface area (Å²) in [6.45, 7) is 4.44. The first-order valence-electron chi connectivity index (χ1n) is 10.7. The van der Waals surface area contributed by atoms with Crippen LogP contribution in [0.15, 0.2) is 76.1 Å². The Morgan fingerprint density at radius 3 is 2.82 bits per heavy atom. The SMILES string of the molecule is CCOc1ccc2nc(NC(=O)c3cc4ccc(O)cc4oc3=Nc3ccccc3C)sc2c1. The summed E-state index contributed by atoms with van der Waals surface area (Å²) in [6.07, 6.45) is 0. The molecule has 2 heterocycles. The van der Waals surface area contributed by atoms with Gasteiger partial charge in [-0.3, -0.25) is 10.1 Å². The van der Waals surface area contributed by atoms with Crippen molar-refractivity contribution in [2.45, 2.75) is 13.8 Å². The summed E-state index contributed by atoms with van der Waals surface area (Å²) in [5.41, 5.74) is 3.22. The van der Waals surface area contributed by atoms with Crippen LogP contribution >= 0.6 is 11.3 Å². The monoisotopic (exact) mass is 471 g/mol. The first-order valence-corrected chi connectivity index (χ1v) is 11.5. The van der Waals surface area contributed by atoms with E-state index in [4.69, 9.17) is 9.15 Å². The summed E-state index contributed by atoms with van der Waals surface area (Å²) in [4.78, 5) is 22.5. The molecule has 0 aliphatic heterocycles. The summed E-state index contributed by atoms with van der Waals surface area (Å²) in [6, 6.07) is 19.6. The van der Waals surface area contributed by atoms with Gasteiger partial charge < -0.3 is 14.3 Å². The molecule has 5 rings (SSSR count). The number of aryl methyl sites for hydroxylation is 1. The van der Waals surface area contributed by atoms with E-state index in [-0.39, 0.29) is 16.9 Å². The molecule has 3 aromatic carbocycles. The first kappa shape index (κ1) is 21.7. The van der Waals surface area contributed by atoms with Crippen LogP contribution in [0.3, 0.4) is 0 Å². The van der Waals surface area contributed by atoms with Crippen molar-refractivity contribution in [3.8, 4) is 11.5 Å². The Labute approximate surface area is 199 Å². The highest BCUT2D eigenvalue weighted by molar-refractivity contribution is 7.22. The van der Waals surface area contributed by atoms with Crippen LogP contribution in [0, 0.1) is 6.92 Å². The van der Waals surface area contributed by atoms with Gasteiger partial charge in [-0.2, -0.15) is 0 Å². The highest BCUT2D eigenvalue weighted by atomic mass is 32.1. The van der Waals surface area contributed by atoms with Crippen LogP contribution in [0.5, 0.6) is 11.5 Å². The number of para-hydroxylation sites is 1. The van der Waals surface area contributed by atoms with Gasteiger partial charge >= 0.3 is 0 Å². The molecule has 0 spiro atoms. The van der Waals surface area contributed by atoms with E-state index in [2.05, 4.69) is 15.3 Å². The number of phenols is 1. The van der Waals surface area contributed by atoms with Crippen LogP contribution in [0.25, 0.3) is 21.2 Å². The molecule has 0 unspecified atom stereocenters. The minimum atomic E-state index is -0.393. The summed E-state index contributed by atoms with van der Waals surface area (Å²) >= 11 is 1.36. The summed E-state index contributed by atoms with van der Waals surface area (Å²) in [5.74, 6) is 0.429. The van der Waals surface area contributed by atoms with Crippen molar-refractivity contribution in [3.63, 3.8) is 0 Å². The third-order valence-electron chi connectivity index (χ3n) is 5.21. The number of hydrogen-bond donors (Lipinski definition) is 2. The smallest absolute Gasteiger partial charge is 0.262 e. The minimum absolute atomic E-state index is 0.0659. The normalized spacial score (nSPS) is 11.8. The molecule has 0 aliphatic rings. The van der Waals surface area contributed by atoms with Gasteiger partial charge in [-0.1, -0.05) is 29.5 Å². The Kier molecular flexibility index (Phi) is 5.73. The van der Waals surface area contributed by atoms with Gasteiger partial charge in [-0.05, 0) is 61.9 Å². The average molecular weight is 472 g/mol. The maximum absolute atomic E-state index is 13.3. The van der Waals surface area contributed by atoms with E-state index in [1.165, 1.54) is 17.4 Å². The molecule has 8 heteroatoms. The van der Waals surface area contributed by atoms with E-state index in [0.717, 1.165) is 21.5 Å². The molecular formula is C26H21N3O4S. The van der Waals surface area contributed by atoms with Crippen molar-refractivity contribution < 1.29 is 19.1 Å². The van der Waals surface area contributed by atoms with Crippen molar-refractivity contribution in [1.82, 2.24) is 4.98 Å². The second kappa shape index (κ2) is 8.99. The fourth-order valence-corrected chi connectivity index (χ4v) is 4.42. The Hall–Kier alpha value is -4.17.